The number of nitrogens with one attached hydrogen (secondary N) is 1. The Labute approximate surface area is 158 Å². The summed E-state index contributed by atoms with van der Waals surface area (Å²) < 4.78 is 5.01. The fourth-order valence-electron chi connectivity index (χ4n) is 2.97. The number of hydrogen-bond acceptors (Lipinski definition) is 5. The predicted octanol–water partition coefficient (Wildman–Crippen LogP) is 2.78. The lowest BCUT2D eigenvalue weighted by molar-refractivity contribution is -0.146. The molecular weight excluding hydrogens is 342 g/mol. The molecule has 1 aliphatic heterocycles. The molecule has 0 fully saturated rings. The van der Waals surface area contributed by atoms with Gasteiger partial charge in [-0.3, -0.25) is 14.5 Å². The molecule has 0 saturated carbocycles. The molecule has 0 saturated heterocycles. The van der Waals surface area contributed by atoms with Gasteiger partial charge in [-0.2, -0.15) is 0 Å². The van der Waals surface area contributed by atoms with Crippen molar-refractivity contribution in [3.05, 3.63) is 65.7 Å². The molecule has 0 radical (unpaired) electrons. The van der Waals surface area contributed by atoms with E-state index in [2.05, 4.69) is 10.3 Å². The first kappa shape index (κ1) is 18.6. The first-order chi connectivity index (χ1) is 13.1. The smallest absolute Gasteiger partial charge is 0.326 e. The Morgan fingerprint density at radius 3 is 2.67 bits per heavy atom. The lowest BCUT2D eigenvalue weighted by atomic mass is 10.1. The van der Waals surface area contributed by atoms with Crippen molar-refractivity contribution in [2.75, 3.05) is 18.5 Å². The van der Waals surface area contributed by atoms with Gasteiger partial charge in [0.2, 0.25) is 5.96 Å². The van der Waals surface area contributed by atoms with Crippen molar-refractivity contribution in [3.8, 4) is 0 Å². The number of guanidine groups is 1. The Kier molecular flexibility index (Phi) is 5.86. The van der Waals surface area contributed by atoms with E-state index in [-0.39, 0.29) is 19.1 Å². The summed E-state index contributed by atoms with van der Waals surface area (Å²) in [6.07, 6.45) is 0.484. The molecule has 1 heterocycles. The Morgan fingerprint density at radius 2 is 1.96 bits per heavy atom. The van der Waals surface area contributed by atoms with E-state index in [1.165, 1.54) is 4.90 Å². The van der Waals surface area contributed by atoms with E-state index in [0.717, 1.165) is 16.8 Å². The van der Waals surface area contributed by atoms with Crippen LogP contribution >= 0.6 is 0 Å². The van der Waals surface area contributed by atoms with Gasteiger partial charge in [-0.15, -0.1) is 0 Å². The summed E-state index contributed by atoms with van der Waals surface area (Å²) in [7, 11) is 0. The topological polar surface area (TPSA) is 71.0 Å². The van der Waals surface area contributed by atoms with Crippen LogP contribution in [0.25, 0.3) is 0 Å². The van der Waals surface area contributed by atoms with Gasteiger partial charge < -0.3 is 10.1 Å². The van der Waals surface area contributed by atoms with Crippen molar-refractivity contribution < 1.29 is 14.3 Å². The summed E-state index contributed by atoms with van der Waals surface area (Å²) in [5.74, 6) is -0.286. The first-order valence-electron chi connectivity index (χ1n) is 8.99. The molecule has 1 aliphatic rings. The van der Waals surface area contributed by atoms with E-state index in [0.29, 0.717) is 12.4 Å². The molecule has 1 unspecified atom stereocenters. The SMILES string of the molecule is CCOC(=O)CN1C(=O)C(Cc2ccccc2)N=C1Nc1cccc(C)c1. The predicted molar refractivity (Wildman–Crippen MR) is 105 cm³/mol. The van der Waals surface area contributed by atoms with E-state index >= 15 is 0 Å². The lowest BCUT2D eigenvalue weighted by Gasteiger charge is -2.19. The number of benzene rings is 2. The van der Waals surface area contributed by atoms with E-state index in [4.69, 9.17) is 4.74 Å². The molecular formula is C21H23N3O3. The van der Waals surface area contributed by atoms with Gasteiger partial charge in [0.15, 0.2) is 0 Å². The van der Waals surface area contributed by atoms with Crippen LogP contribution in [0.1, 0.15) is 18.1 Å². The molecule has 1 N–H and O–H groups in total. The summed E-state index contributed by atoms with van der Waals surface area (Å²) in [4.78, 5) is 30.8. The van der Waals surface area contributed by atoms with Crippen molar-refractivity contribution in [3.63, 3.8) is 0 Å². The highest BCUT2D eigenvalue weighted by atomic mass is 16.5. The fraction of sp³-hybridized carbons (Fsp3) is 0.286. The van der Waals surface area contributed by atoms with E-state index in [1.54, 1.807) is 6.92 Å². The van der Waals surface area contributed by atoms with Crippen molar-refractivity contribution in [1.82, 2.24) is 4.90 Å². The van der Waals surface area contributed by atoms with Gasteiger partial charge in [0.25, 0.3) is 5.91 Å². The third-order valence-corrected chi connectivity index (χ3v) is 4.22. The molecule has 2 aromatic carbocycles. The van der Waals surface area contributed by atoms with Gasteiger partial charge >= 0.3 is 5.97 Å². The van der Waals surface area contributed by atoms with Gasteiger partial charge in [0, 0.05) is 12.1 Å². The van der Waals surface area contributed by atoms with Crippen molar-refractivity contribution in [2.24, 2.45) is 4.99 Å². The van der Waals surface area contributed by atoms with Crippen LogP contribution in [0.4, 0.5) is 5.69 Å². The van der Waals surface area contributed by atoms with E-state index in [1.807, 2.05) is 61.5 Å². The fourth-order valence-corrected chi connectivity index (χ4v) is 2.97. The van der Waals surface area contributed by atoms with Gasteiger partial charge in [0.05, 0.1) is 6.61 Å². The second-order valence-electron chi connectivity index (χ2n) is 6.38. The van der Waals surface area contributed by atoms with Crippen LogP contribution in [0.15, 0.2) is 59.6 Å². The number of aryl methyl sites for hydroxylation is 1. The number of rotatable bonds is 6. The second kappa shape index (κ2) is 8.49. The molecule has 0 spiro atoms. The molecule has 1 amide bonds. The van der Waals surface area contributed by atoms with Crippen molar-refractivity contribution in [1.29, 1.82) is 0 Å². The minimum absolute atomic E-state index is 0.157. The highest BCUT2D eigenvalue weighted by Gasteiger charge is 2.36. The standard InChI is InChI=1S/C21H23N3O3/c1-3-27-19(25)14-24-20(26)18(13-16-9-5-4-6-10-16)23-21(24)22-17-11-7-8-15(2)12-17/h4-12,18H,3,13-14H2,1-2H3,(H,22,23). The normalized spacial score (nSPS) is 16.2. The Morgan fingerprint density at radius 1 is 1.19 bits per heavy atom. The van der Waals surface area contributed by atoms with Gasteiger partial charge in [-0.05, 0) is 37.1 Å². The third kappa shape index (κ3) is 4.73. The minimum Gasteiger partial charge on any atom is -0.465 e. The molecule has 1 atom stereocenters. The molecule has 6 nitrogen and oxygen atoms in total. The van der Waals surface area contributed by atoms with Crippen LogP contribution in [-0.2, 0) is 20.7 Å². The molecule has 2 aromatic rings. The zero-order chi connectivity index (χ0) is 19.2. The third-order valence-electron chi connectivity index (χ3n) is 4.22. The maximum atomic E-state index is 12.9. The summed E-state index contributed by atoms with van der Waals surface area (Å²) in [5.41, 5.74) is 2.92. The summed E-state index contributed by atoms with van der Waals surface area (Å²) >= 11 is 0. The molecule has 0 aliphatic carbocycles. The monoisotopic (exact) mass is 365 g/mol. The van der Waals surface area contributed by atoms with Crippen LogP contribution in [0.2, 0.25) is 0 Å². The molecule has 27 heavy (non-hydrogen) atoms. The summed E-state index contributed by atoms with van der Waals surface area (Å²) in [6.45, 7) is 3.84. The quantitative estimate of drug-likeness (QED) is 0.799. The zero-order valence-electron chi connectivity index (χ0n) is 15.5. The van der Waals surface area contributed by atoms with Gasteiger partial charge in [-0.25, -0.2) is 4.99 Å². The number of nitrogens with zero attached hydrogens (tertiary/aromatic N) is 2. The van der Waals surface area contributed by atoms with Crippen molar-refractivity contribution in [2.45, 2.75) is 26.3 Å². The number of hydrogen-bond donors (Lipinski definition) is 1. The van der Waals surface area contributed by atoms with Crippen LogP contribution < -0.4 is 5.32 Å². The maximum absolute atomic E-state index is 12.9. The highest BCUT2D eigenvalue weighted by Crippen LogP contribution is 2.19. The van der Waals surface area contributed by atoms with Crippen molar-refractivity contribution >= 4 is 23.5 Å². The maximum Gasteiger partial charge on any atom is 0.326 e. The molecule has 0 bridgehead atoms. The number of anilines is 1. The average molecular weight is 365 g/mol. The van der Waals surface area contributed by atoms with E-state index < -0.39 is 12.0 Å². The number of esters is 1. The van der Waals surface area contributed by atoms with Crippen LogP contribution in [0, 0.1) is 6.92 Å². The Bertz CT molecular complexity index is 849. The van der Waals surface area contributed by atoms with E-state index in [9.17, 15) is 9.59 Å². The van der Waals surface area contributed by atoms with Crippen LogP contribution in [0.3, 0.4) is 0 Å². The summed E-state index contributed by atoms with van der Waals surface area (Å²) in [6, 6.07) is 16.9. The number of carbonyl (C=O) groups is 2. The second-order valence-corrected chi connectivity index (χ2v) is 6.38. The molecule has 3 rings (SSSR count). The molecule has 0 aromatic heterocycles. The number of carbonyl (C=O) groups excluding carboxylic acids is 2. The lowest BCUT2D eigenvalue weighted by Crippen LogP contribution is -2.42. The summed E-state index contributed by atoms with van der Waals surface area (Å²) in [5, 5.41) is 3.17. The number of amides is 1. The number of ether oxygens (including phenoxy) is 1. The van der Waals surface area contributed by atoms with Crippen LogP contribution in [-0.4, -0.2) is 41.9 Å². The first-order valence-corrected chi connectivity index (χ1v) is 8.99. The number of aliphatic imine (C=N–C) groups is 1. The average Bonchev–Trinajstić information content (AvgIpc) is 2.91. The molecule has 140 valence electrons. The Balaban J connectivity index is 1.82. The Hall–Kier alpha value is -3.15. The highest BCUT2D eigenvalue weighted by molar-refractivity contribution is 6.11. The van der Waals surface area contributed by atoms with Crippen LogP contribution in [0.5, 0.6) is 0 Å². The zero-order valence-corrected chi connectivity index (χ0v) is 15.5. The molecule has 6 heteroatoms. The largest absolute Gasteiger partial charge is 0.465 e. The minimum atomic E-state index is -0.561. The van der Waals surface area contributed by atoms with Gasteiger partial charge in [-0.1, -0.05) is 42.5 Å². The van der Waals surface area contributed by atoms with Gasteiger partial charge in [0.1, 0.15) is 12.6 Å².